The van der Waals surface area contributed by atoms with Gasteiger partial charge in [-0.1, -0.05) is 12.8 Å². The van der Waals surface area contributed by atoms with Crippen LogP contribution in [0.4, 0.5) is 0 Å². The van der Waals surface area contributed by atoms with Gasteiger partial charge in [0.1, 0.15) is 0 Å². The van der Waals surface area contributed by atoms with Crippen molar-refractivity contribution in [2.24, 2.45) is 5.92 Å². The number of nitrogens with zero attached hydrogens (tertiary/aromatic N) is 1. The Morgan fingerprint density at radius 3 is 2.72 bits per heavy atom. The zero-order chi connectivity index (χ0) is 13.0. The molecule has 1 heterocycles. The summed E-state index contributed by atoms with van der Waals surface area (Å²) >= 11 is 0. The summed E-state index contributed by atoms with van der Waals surface area (Å²) in [5, 5.41) is 10.2. The third-order valence-electron chi connectivity index (χ3n) is 4.92. The Bertz CT molecular complexity index is 247. The molecule has 2 fully saturated rings. The molecule has 0 aromatic carbocycles. The summed E-state index contributed by atoms with van der Waals surface area (Å²) in [6, 6.07) is 1.20. The predicted octanol–water partition coefficient (Wildman–Crippen LogP) is 2.43. The number of hydrogen-bond donors (Lipinski definition) is 1. The molecule has 18 heavy (non-hydrogen) atoms. The molecule has 1 saturated carbocycles. The van der Waals surface area contributed by atoms with Gasteiger partial charge in [0.15, 0.2) is 0 Å². The molecule has 0 aromatic heterocycles. The van der Waals surface area contributed by atoms with Gasteiger partial charge < -0.3 is 9.84 Å². The molecule has 2 rings (SSSR count). The highest BCUT2D eigenvalue weighted by Gasteiger charge is 2.38. The lowest BCUT2D eigenvalue weighted by atomic mass is 9.86. The van der Waals surface area contributed by atoms with Crippen LogP contribution in [-0.4, -0.2) is 48.5 Å². The van der Waals surface area contributed by atoms with Gasteiger partial charge in [-0.05, 0) is 45.6 Å². The summed E-state index contributed by atoms with van der Waals surface area (Å²) in [5.74, 6) is 0.523. The van der Waals surface area contributed by atoms with Gasteiger partial charge in [0.2, 0.25) is 0 Å². The van der Waals surface area contributed by atoms with Crippen molar-refractivity contribution in [2.75, 3.05) is 20.3 Å². The third kappa shape index (κ3) is 3.25. The predicted molar refractivity (Wildman–Crippen MR) is 73.6 cm³/mol. The van der Waals surface area contributed by atoms with Gasteiger partial charge in [0.25, 0.3) is 0 Å². The lowest BCUT2D eigenvalue weighted by Crippen LogP contribution is -2.50. The highest BCUT2D eigenvalue weighted by molar-refractivity contribution is 4.91. The van der Waals surface area contributed by atoms with Crippen molar-refractivity contribution in [1.82, 2.24) is 4.90 Å². The van der Waals surface area contributed by atoms with Gasteiger partial charge in [-0.15, -0.1) is 0 Å². The molecule has 1 saturated heterocycles. The first-order valence-corrected chi connectivity index (χ1v) is 7.66. The Kier molecular flexibility index (Phi) is 5.46. The average molecular weight is 255 g/mol. The molecule has 0 aromatic rings. The van der Waals surface area contributed by atoms with E-state index in [0.29, 0.717) is 18.0 Å². The van der Waals surface area contributed by atoms with Crippen LogP contribution in [0.5, 0.6) is 0 Å². The second kappa shape index (κ2) is 6.88. The molecule has 4 unspecified atom stereocenters. The van der Waals surface area contributed by atoms with E-state index in [0.717, 1.165) is 19.4 Å². The summed E-state index contributed by atoms with van der Waals surface area (Å²) in [4.78, 5) is 2.65. The highest BCUT2D eigenvalue weighted by atomic mass is 16.5. The van der Waals surface area contributed by atoms with E-state index in [1.165, 1.54) is 38.6 Å². The fourth-order valence-corrected chi connectivity index (χ4v) is 3.86. The summed E-state index contributed by atoms with van der Waals surface area (Å²) in [6.07, 6.45) is 8.43. The van der Waals surface area contributed by atoms with Crippen molar-refractivity contribution in [3.8, 4) is 0 Å². The van der Waals surface area contributed by atoms with Crippen LogP contribution in [0.3, 0.4) is 0 Å². The Morgan fingerprint density at radius 2 is 2.06 bits per heavy atom. The van der Waals surface area contributed by atoms with Gasteiger partial charge in [0, 0.05) is 31.7 Å². The van der Waals surface area contributed by atoms with Crippen LogP contribution in [0.25, 0.3) is 0 Å². The smallest absolute Gasteiger partial charge is 0.0583 e. The molecule has 106 valence electrons. The second-order valence-corrected chi connectivity index (χ2v) is 6.09. The Hall–Kier alpha value is -0.120. The number of methoxy groups -OCH3 is 1. The van der Waals surface area contributed by atoms with E-state index >= 15 is 0 Å². The number of aliphatic hydroxyl groups excluding tert-OH is 1. The molecular formula is C15H29NO2. The maximum absolute atomic E-state index is 10.2. The topological polar surface area (TPSA) is 32.7 Å². The number of rotatable bonds is 5. The minimum atomic E-state index is -0.0507. The molecular weight excluding hydrogens is 226 g/mol. The van der Waals surface area contributed by atoms with Gasteiger partial charge in [-0.3, -0.25) is 4.90 Å². The first kappa shape index (κ1) is 14.3. The molecule has 4 atom stereocenters. The van der Waals surface area contributed by atoms with E-state index in [2.05, 4.69) is 11.8 Å². The molecule has 1 aliphatic carbocycles. The highest BCUT2D eigenvalue weighted by Crippen LogP contribution is 2.36. The largest absolute Gasteiger partial charge is 0.393 e. The third-order valence-corrected chi connectivity index (χ3v) is 4.92. The van der Waals surface area contributed by atoms with Crippen LogP contribution in [0, 0.1) is 5.92 Å². The van der Waals surface area contributed by atoms with Gasteiger partial charge >= 0.3 is 0 Å². The van der Waals surface area contributed by atoms with E-state index in [1.54, 1.807) is 7.11 Å². The second-order valence-electron chi connectivity index (χ2n) is 6.09. The summed E-state index contributed by atoms with van der Waals surface area (Å²) < 4.78 is 5.21. The molecule has 2 aliphatic rings. The van der Waals surface area contributed by atoms with Crippen molar-refractivity contribution in [2.45, 2.75) is 70.1 Å². The van der Waals surface area contributed by atoms with E-state index in [-0.39, 0.29) is 6.10 Å². The molecule has 0 amide bonds. The lowest BCUT2D eigenvalue weighted by Gasteiger charge is -2.43. The van der Waals surface area contributed by atoms with E-state index in [9.17, 15) is 5.11 Å². The van der Waals surface area contributed by atoms with Crippen molar-refractivity contribution in [3.63, 3.8) is 0 Å². The standard InChI is InChI=1S/C15H29NO2/c1-12(9-11-18-2)16-10-4-3-7-14(16)13-6-5-8-15(13)17/h12-15,17H,3-11H2,1-2H3. The molecule has 3 heteroatoms. The van der Waals surface area contributed by atoms with Crippen LogP contribution >= 0.6 is 0 Å². The first-order chi connectivity index (χ1) is 8.74. The van der Waals surface area contributed by atoms with Gasteiger partial charge in [-0.2, -0.15) is 0 Å². The minimum Gasteiger partial charge on any atom is -0.393 e. The van der Waals surface area contributed by atoms with Crippen LogP contribution in [0.2, 0.25) is 0 Å². The summed E-state index contributed by atoms with van der Waals surface area (Å²) in [6.45, 7) is 4.37. The summed E-state index contributed by atoms with van der Waals surface area (Å²) in [7, 11) is 1.78. The molecule has 1 aliphatic heterocycles. The molecule has 3 nitrogen and oxygen atoms in total. The van der Waals surface area contributed by atoms with E-state index in [1.807, 2.05) is 0 Å². The molecule has 0 spiro atoms. The fourth-order valence-electron chi connectivity index (χ4n) is 3.86. The van der Waals surface area contributed by atoms with E-state index < -0.39 is 0 Å². The van der Waals surface area contributed by atoms with Gasteiger partial charge in [-0.25, -0.2) is 0 Å². The van der Waals surface area contributed by atoms with Crippen molar-refractivity contribution < 1.29 is 9.84 Å². The lowest BCUT2D eigenvalue weighted by molar-refractivity contribution is 0.00818. The Labute approximate surface area is 112 Å². The zero-order valence-corrected chi connectivity index (χ0v) is 12.0. The molecule has 0 bridgehead atoms. The monoisotopic (exact) mass is 255 g/mol. The Balaban J connectivity index is 1.96. The van der Waals surface area contributed by atoms with Gasteiger partial charge in [0.05, 0.1) is 6.10 Å². The average Bonchev–Trinajstić information content (AvgIpc) is 2.82. The Morgan fingerprint density at radius 1 is 1.22 bits per heavy atom. The van der Waals surface area contributed by atoms with Crippen LogP contribution in [-0.2, 0) is 4.74 Å². The van der Waals surface area contributed by atoms with Crippen molar-refractivity contribution in [1.29, 1.82) is 0 Å². The quantitative estimate of drug-likeness (QED) is 0.819. The molecule has 0 radical (unpaired) electrons. The maximum atomic E-state index is 10.2. The van der Waals surface area contributed by atoms with E-state index in [4.69, 9.17) is 4.74 Å². The fraction of sp³-hybridized carbons (Fsp3) is 1.00. The van der Waals surface area contributed by atoms with Crippen LogP contribution in [0.15, 0.2) is 0 Å². The zero-order valence-electron chi connectivity index (χ0n) is 12.0. The maximum Gasteiger partial charge on any atom is 0.0583 e. The minimum absolute atomic E-state index is 0.0507. The first-order valence-electron chi connectivity index (χ1n) is 7.66. The number of aliphatic hydroxyl groups is 1. The number of piperidine rings is 1. The summed E-state index contributed by atoms with van der Waals surface area (Å²) in [5.41, 5.74) is 0. The molecule has 1 N–H and O–H groups in total. The number of ether oxygens (including phenoxy) is 1. The van der Waals surface area contributed by atoms with Crippen LogP contribution in [0.1, 0.15) is 51.9 Å². The normalized spacial score (nSPS) is 35.8. The number of hydrogen-bond acceptors (Lipinski definition) is 3. The SMILES string of the molecule is COCCC(C)N1CCCCC1C1CCCC1O. The van der Waals surface area contributed by atoms with Crippen LogP contribution < -0.4 is 0 Å². The van der Waals surface area contributed by atoms with Crippen molar-refractivity contribution >= 4 is 0 Å². The van der Waals surface area contributed by atoms with Crippen molar-refractivity contribution in [3.05, 3.63) is 0 Å². The number of likely N-dealkylation sites (tertiary alicyclic amines) is 1.